The van der Waals surface area contributed by atoms with Crippen molar-refractivity contribution < 1.29 is 18.6 Å². The van der Waals surface area contributed by atoms with Gasteiger partial charge in [0.05, 0.1) is 25.4 Å². The van der Waals surface area contributed by atoms with Crippen molar-refractivity contribution in [3.8, 4) is 0 Å². The molecule has 1 aliphatic heterocycles. The van der Waals surface area contributed by atoms with Crippen LogP contribution in [-0.2, 0) is 11.3 Å². The number of aliphatic hydroxyl groups excluding tert-OH is 1. The second-order valence-corrected chi connectivity index (χ2v) is 5.56. The third-order valence-electron chi connectivity index (χ3n) is 3.84. The lowest BCUT2D eigenvalue weighted by atomic mass is 10.1. The number of halogens is 2. The maximum atomic E-state index is 13.3. The first-order chi connectivity index (χ1) is 11.1. The van der Waals surface area contributed by atoms with Crippen LogP contribution in [-0.4, -0.2) is 57.1 Å². The molecule has 0 saturated carbocycles. The fourth-order valence-corrected chi connectivity index (χ4v) is 2.66. The summed E-state index contributed by atoms with van der Waals surface area (Å²) in [5.74, 6) is -1.87. The van der Waals surface area contributed by atoms with E-state index < -0.39 is 17.7 Å². The topological polar surface area (TPSA) is 63.4 Å². The monoisotopic (exact) mass is 324 g/mol. The number of nitrogens with zero attached hydrogens (tertiary/aromatic N) is 4. The highest BCUT2D eigenvalue weighted by molar-refractivity contribution is 5.20. The molecule has 8 heteroatoms. The molecule has 2 atom stereocenters. The molecule has 0 amide bonds. The fraction of sp³-hybridized carbons (Fsp3) is 0.467. The zero-order valence-corrected chi connectivity index (χ0v) is 12.5. The second kappa shape index (κ2) is 7.12. The molecule has 1 saturated heterocycles. The van der Waals surface area contributed by atoms with Gasteiger partial charge >= 0.3 is 0 Å². The van der Waals surface area contributed by atoms with E-state index in [-0.39, 0.29) is 6.10 Å². The number of rotatable bonds is 5. The maximum absolute atomic E-state index is 13.3. The van der Waals surface area contributed by atoms with E-state index in [4.69, 9.17) is 4.74 Å². The molecule has 0 spiro atoms. The van der Waals surface area contributed by atoms with Gasteiger partial charge in [-0.1, -0.05) is 6.07 Å². The van der Waals surface area contributed by atoms with E-state index in [0.717, 1.165) is 12.1 Å². The van der Waals surface area contributed by atoms with E-state index >= 15 is 0 Å². The van der Waals surface area contributed by atoms with Crippen LogP contribution in [0.1, 0.15) is 11.7 Å². The average molecular weight is 324 g/mol. The number of benzene rings is 1. The third kappa shape index (κ3) is 4.10. The van der Waals surface area contributed by atoms with Gasteiger partial charge in [0.2, 0.25) is 0 Å². The summed E-state index contributed by atoms with van der Waals surface area (Å²) in [4.78, 5) is 5.93. The number of morpholine rings is 1. The van der Waals surface area contributed by atoms with Crippen molar-refractivity contribution in [3.05, 3.63) is 48.1 Å². The minimum absolute atomic E-state index is 0.0531. The Balaban J connectivity index is 1.57. The Kier molecular flexibility index (Phi) is 4.94. The fourth-order valence-electron chi connectivity index (χ4n) is 2.66. The number of hydrogen-bond donors (Lipinski definition) is 1. The molecule has 23 heavy (non-hydrogen) atoms. The standard InChI is InChI=1S/C15H18F2N4O2/c16-13-2-1-11(5-14(13)17)15(22)8-20-3-4-23-12(6-20)7-21-10-18-9-19-21/h1-2,5,9-10,12,15,22H,3-4,6-8H2/t12-,15+/m0/s1. The van der Waals surface area contributed by atoms with Crippen molar-refractivity contribution in [2.75, 3.05) is 26.2 Å². The molecule has 0 bridgehead atoms. The average Bonchev–Trinajstić information content (AvgIpc) is 3.03. The molecular weight excluding hydrogens is 306 g/mol. The van der Waals surface area contributed by atoms with Gasteiger partial charge in [-0.05, 0) is 17.7 Å². The Labute approximate surface area is 132 Å². The third-order valence-corrected chi connectivity index (χ3v) is 3.84. The van der Waals surface area contributed by atoms with Gasteiger partial charge < -0.3 is 9.84 Å². The van der Waals surface area contributed by atoms with Gasteiger partial charge in [0.25, 0.3) is 0 Å². The van der Waals surface area contributed by atoms with Gasteiger partial charge in [0.1, 0.15) is 12.7 Å². The zero-order valence-electron chi connectivity index (χ0n) is 12.5. The van der Waals surface area contributed by atoms with E-state index in [1.54, 1.807) is 11.0 Å². The Morgan fingerprint density at radius 1 is 1.35 bits per heavy atom. The number of β-amino-alcohol motifs (C(OH)–C–C–N with tert-alkyl or cyclic N) is 1. The molecule has 2 aromatic rings. The Morgan fingerprint density at radius 3 is 2.96 bits per heavy atom. The maximum Gasteiger partial charge on any atom is 0.159 e. The predicted octanol–water partition coefficient (Wildman–Crippen LogP) is 0.991. The normalized spacial score (nSPS) is 20.6. The quantitative estimate of drug-likeness (QED) is 0.889. The molecule has 1 fully saturated rings. The van der Waals surface area contributed by atoms with E-state index in [9.17, 15) is 13.9 Å². The highest BCUT2D eigenvalue weighted by Crippen LogP contribution is 2.19. The lowest BCUT2D eigenvalue weighted by Gasteiger charge is -2.34. The lowest BCUT2D eigenvalue weighted by Crippen LogP contribution is -2.45. The van der Waals surface area contributed by atoms with E-state index in [1.165, 1.54) is 12.4 Å². The van der Waals surface area contributed by atoms with Crippen molar-refractivity contribution in [1.29, 1.82) is 0 Å². The summed E-state index contributed by atoms with van der Waals surface area (Å²) >= 11 is 0. The van der Waals surface area contributed by atoms with Crippen LogP contribution in [0, 0.1) is 11.6 Å². The van der Waals surface area contributed by atoms with Crippen LogP contribution in [0.25, 0.3) is 0 Å². The highest BCUT2D eigenvalue weighted by Gasteiger charge is 2.23. The van der Waals surface area contributed by atoms with Gasteiger partial charge in [0, 0.05) is 19.6 Å². The molecule has 1 aliphatic rings. The van der Waals surface area contributed by atoms with Crippen LogP contribution in [0.3, 0.4) is 0 Å². The summed E-state index contributed by atoms with van der Waals surface area (Å²) in [6.07, 6.45) is 2.16. The number of hydrogen-bond acceptors (Lipinski definition) is 5. The van der Waals surface area contributed by atoms with E-state index in [1.807, 2.05) is 4.90 Å². The first kappa shape index (κ1) is 16.0. The summed E-state index contributed by atoms with van der Waals surface area (Å²) in [6.45, 7) is 2.76. The largest absolute Gasteiger partial charge is 0.387 e. The Morgan fingerprint density at radius 2 is 2.22 bits per heavy atom. The highest BCUT2D eigenvalue weighted by atomic mass is 19.2. The van der Waals surface area contributed by atoms with Crippen molar-refractivity contribution in [2.45, 2.75) is 18.8 Å². The van der Waals surface area contributed by atoms with Crippen LogP contribution in [0.4, 0.5) is 8.78 Å². The smallest absolute Gasteiger partial charge is 0.159 e. The van der Waals surface area contributed by atoms with Crippen molar-refractivity contribution >= 4 is 0 Å². The second-order valence-electron chi connectivity index (χ2n) is 5.56. The van der Waals surface area contributed by atoms with E-state index in [2.05, 4.69) is 10.1 Å². The van der Waals surface area contributed by atoms with Crippen molar-refractivity contribution in [3.63, 3.8) is 0 Å². The van der Waals surface area contributed by atoms with Gasteiger partial charge in [-0.2, -0.15) is 5.10 Å². The lowest BCUT2D eigenvalue weighted by molar-refractivity contribution is -0.0487. The first-order valence-corrected chi connectivity index (χ1v) is 7.41. The molecule has 0 unspecified atom stereocenters. The molecular formula is C15H18F2N4O2. The van der Waals surface area contributed by atoms with Crippen molar-refractivity contribution in [2.24, 2.45) is 0 Å². The van der Waals surface area contributed by atoms with Crippen LogP contribution < -0.4 is 0 Å². The van der Waals surface area contributed by atoms with Crippen LogP contribution in [0.2, 0.25) is 0 Å². The Bertz CT molecular complexity index is 638. The number of aromatic nitrogens is 3. The molecule has 0 radical (unpaired) electrons. The van der Waals surface area contributed by atoms with Crippen LogP contribution >= 0.6 is 0 Å². The van der Waals surface area contributed by atoms with Crippen molar-refractivity contribution in [1.82, 2.24) is 19.7 Å². The van der Waals surface area contributed by atoms with Crippen LogP contribution in [0.15, 0.2) is 30.9 Å². The molecule has 2 heterocycles. The molecule has 3 rings (SSSR count). The van der Waals surface area contributed by atoms with Gasteiger partial charge in [-0.25, -0.2) is 13.8 Å². The van der Waals surface area contributed by atoms with Gasteiger partial charge in [0.15, 0.2) is 11.6 Å². The first-order valence-electron chi connectivity index (χ1n) is 7.41. The summed E-state index contributed by atoms with van der Waals surface area (Å²) < 4.78 is 33.6. The minimum Gasteiger partial charge on any atom is -0.387 e. The van der Waals surface area contributed by atoms with Gasteiger partial charge in [-0.15, -0.1) is 0 Å². The number of ether oxygens (including phenoxy) is 1. The number of aliphatic hydroxyl groups is 1. The zero-order chi connectivity index (χ0) is 16.2. The predicted molar refractivity (Wildman–Crippen MR) is 77.5 cm³/mol. The molecule has 6 nitrogen and oxygen atoms in total. The molecule has 1 aromatic heterocycles. The van der Waals surface area contributed by atoms with Gasteiger partial charge in [-0.3, -0.25) is 9.58 Å². The molecule has 124 valence electrons. The SMILES string of the molecule is O[C@H](CN1CCO[C@H](Cn2cncn2)C1)c1ccc(F)c(F)c1. The summed E-state index contributed by atoms with van der Waals surface area (Å²) in [6, 6.07) is 3.46. The molecule has 1 N–H and O–H groups in total. The summed E-state index contributed by atoms with van der Waals surface area (Å²) in [5.41, 5.74) is 0.364. The Hall–Kier alpha value is -1.90. The van der Waals surface area contributed by atoms with Crippen LogP contribution in [0.5, 0.6) is 0 Å². The summed E-state index contributed by atoms with van der Waals surface area (Å²) in [5, 5.41) is 14.3. The molecule has 1 aromatic carbocycles. The molecule has 0 aliphatic carbocycles. The summed E-state index contributed by atoms with van der Waals surface area (Å²) in [7, 11) is 0. The minimum atomic E-state index is -0.951. The van der Waals surface area contributed by atoms with E-state index in [0.29, 0.717) is 38.3 Å².